The molecule has 0 spiro atoms. The predicted octanol–water partition coefficient (Wildman–Crippen LogP) is 3.37. The van der Waals surface area contributed by atoms with Crippen LogP contribution in [0.5, 0.6) is 0 Å². The number of para-hydroxylation sites is 1. The number of nitrogens with one attached hydrogen (secondary N) is 2. The molecule has 0 atom stereocenters. The zero-order valence-electron chi connectivity index (χ0n) is 17.7. The molecule has 2 aromatic heterocycles. The van der Waals surface area contributed by atoms with Gasteiger partial charge in [0.25, 0.3) is 5.91 Å². The second-order valence-electron chi connectivity index (χ2n) is 8.32. The number of fused-ring (bicyclic) bond motifs is 1. The highest BCUT2D eigenvalue weighted by molar-refractivity contribution is 7.20. The Morgan fingerprint density at radius 2 is 1.77 bits per heavy atom. The topological polar surface area (TPSA) is 51.4 Å². The maximum atomic E-state index is 13.0. The molecule has 0 unspecified atom stereocenters. The highest BCUT2D eigenvalue weighted by Crippen LogP contribution is 2.30. The van der Waals surface area contributed by atoms with E-state index in [4.69, 9.17) is 0 Å². The van der Waals surface area contributed by atoms with Crippen LogP contribution in [0.1, 0.15) is 33.8 Å². The first-order valence-corrected chi connectivity index (χ1v) is 11.7. The van der Waals surface area contributed by atoms with Crippen molar-refractivity contribution >= 4 is 27.5 Å². The number of hydrogen-bond acceptors (Lipinski definition) is 3. The van der Waals surface area contributed by atoms with Gasteiger partial charge in [0.15, 0.2) is 0 Å². The highest BCUT2D eigenvalue weighted by Gasteiger charge is 2.25. The van der Waals surface area contributed by atoms with Gasteiger partial charge in [-0.15, -0.1) is 11.3 Å². The summed E-state index contributed by atoms with van der Waals surface area (Å²) in [5, 5.41) is 9.01. The van der Waals surface area contributed by atoms with Gasteiger partial charge in [0, 0.05) is 29.8 Å². The van der Waals surface area contributed by atoms with Crippen LogP contribution in [0.25, 0.3) is 15.9 Å². The van der Waals surface area contributed by atoms with E-state index < -0.39 is 0 Å². The molecule has 5 rings (SSSR count). The fourth-order valence-corrected chi connectivity index (χ4v) is 5.48. The lowest BCUT2D eigenvalue weighted by molar-refractivity contribution is -0.918. The first kappa shape index (κ1) is 20.0. The maximum Gasteiger partial charge on any atom is 0.261 e. The van der Waals surface area contributed by atoms with Gasteiger partial charge in [0.05, 0.1) is 29.3 Å². The van der Waals surface area contributed by atoms with Gasteiger partial charge in [-0.1, -0.05) is 48.5 Å². The molecular formula is C25H27N4OS+. The molecule has 2 N–H and O–H groups in total. The minimum absolute atomic E-state index is 0.0386. The van der Waals surface area contributed by atoms with E-state index in [2.05, 4.69) is 40.7 Å². The number of aromatic nitrogens is 2. The van der Waals surface area contributed by atoms with E-state index in [1.165, 1.54) is 16.9 Å². The van der Waals surface area contributed by atoms with Crippen LogP contribution in [0, 0.1) is 6.92 Å². The summed E-state index contributed by atoms with van der Waals surface area (Å²) in [5.41, 5.74) is 3.35. The summed E-state index contributed by atoms with van der Waals surface area (Å²) >= 11 is 1.52. The molecule has 4 aromatic rings. The lowest BCUT2D eigenvalue weighted by Crippen LogP contribution is -3.12. The Morgan fingerprint density at radius 1 is 1.10 bits per heavy atom. The number of benzene rings is 2. The number of nitrogens with zero attached hydrogens (tertiary/aromatic N) is 2. The first-order chi connectivity index (χ1) is 15.2. The third-order valence-electron chi connectivity index (χ3n) is 6.09. The molecule has 0 bridgehead atoms. The highest BCUT2D eigenvalue weighted by atomic mass is 32.1. The molecule has 3 heterocycles. The molecule has 1 fully saturated rings. The molecule has 1 aliphatic heterocycles. The van der Waals surface area contributed by atoms with Crippen molar-refractivity contribution in [3.8, 4) is 5.69 Å². The smallest absolute Gasteiger partial charge is 0.261 e. The van der Waals surface area contributed by atoms with Gasteiger partial charge >= 0.3 is 0 Å². The number of rotatable bonds is 5. The minimum atomic E-state index is 0.0386. The van der Waals surface area contributed by atoms with Crippen LogP contribution in [0.2, 0.25) is 0 Å². The summed E-state index contributed by atoms with van der Waals surface area (Å²) in [4.78, 5) is 16.4. The number of likely N-dealkylation sites (tertiary alicyclic amines) is 1. The third-order valence-corrected chi connectivity index (χ3v) is 7.20. The number of hydrogen-bond donors (Lipinski definition) is 2. The Hall–Kier alpha value is -2.96. The molecule has 1 aliphatic rings. The van der Waals surface area contributed by atoms with Crippen molar-refractivity contribution < 1.29 is 9.69 Å². The zero-order valence-corrected chi connectivity index (χ0v) is 18.5. The summed E-state index contributed by atoms with van der Waals surface area (Å²) in [6.45, 7) is 5.25. The van der Waals surface area contributed by atoms with E-state index in [1.54, 1.807) is 4.90 Å². The van der Waals surface area contributed by atoms with E-state index in [0.717, 1.165) is 59.0 Å². The van der Waals surface area contributed by atoms with Gasteiger partial charge in [-0.25, -0.2) is 4.68 Å². The average Bonchev–Trinajstić information content (AvgIpc) is 3.37. The molecule has 6 heteroatoms. The van der Waals surface area contributed by atoms with Gasteiger partial charge in [0.2, 0.25) is 0 Å². The number of aryl methyl sites for hydroxylation is 1. The lowest BCUT2D eigenvalue weighted by atomic mass is 10.0. The van der Waals surface area contributed by atoms with Crippen molar-refractivity contribution in [1.29, 1.82) is 0 Å². The monoisotopic (exact) mass is 431 g/mol. The number of carbonyl (C=O) groups excluding carboxylic acids is 1. The predicted molar refractivity (Wildman–Crippen MR) is 125 cm³/mol. The zero-order chi connectivity index (χ0) is 21.2. The molecule has 0 aliphatic carbocycles. The number of quaternary nitrogens is 1. The fraction of sp³-hybridized carbons (Fsp3) is 0.280. The van der Waals surface area contributed by atoms with Gasteiger partial charge in [0.1, 0.15) is 11.4 Å². The van der Waals surface area contributed by atoms with Crippen LogP contribution >= 0.6 is 11.3 Å². The van der Waals surface area contributed by atoms with E-state index >= 15 is 0 Å². The van der Waals surface area contributed by atoms with E-state index in [0.29, 0.717) is 0 Å². The molecule has 2 aromatic carbocycles. The van der Waals surface area contributed by atoms with Crippen LogP contribution < -0.4 is 10.2 Å². The molecule has 158 valence electrons. The summed E-state index contributed by atoms with van der Waals surface area (Å²) < 4.78 is 1.94. The van der Waals surface area contributed by atoms with E-state index in [-0.39, 0.29) is 11.9 Å². The Bertz CT molecular complexity index is 1170. The average molecular weight is 432 g/mol. The summed E-state index contributed by atoms with van der Waals surface area (Å²) in [6, 6.07) is 23.0. The second kappa shape index (κ2) is 8.65. The van der Waals surface area contributed by atoms with Crippen molar-refractivity contribution in [2.45, 2.75) is 32.4 Å². The molecule has 0 saturated carbocycles. The quantitative estimate of drug-likeness (QED) is 0.509. The Labute approximate surface area is 186 Å². The van der Waals surface area contributed by atoms with Crippen molar-refractivity contribution in [3.63, 3.8) is 0 Å². The number of carbonyl (C=O) groups is 1. The van der Waals surface area contributed by atoms with Crippen LogP contribution in [-0.4, -0.2) is 34.8 Å². The van der Waals surface area contributed by atoms with Crippen LogP contribution in [0.4, 0.5) is 0 Å². The van der Waals surface area contributed by atoms with E-state index in [9.17, 15) is 4.79 Å². The lowest BCUT2D eigenvalue weighted by Gasteiger charge is -2.29. The van der Waals surface area contributed by atoms with Crippen molar-refractivity contribution in [2.24, 2.45) is 0 Å². The molecule has 1 saturated heterocycles. The van der Waals surface area contributed by atoms with Crippen LogP contribution in [-0.2, 0) is 6.54 Å². The van der Waals surface area contributed by atoms with Crippen molar-refractivity contribution in [2.75, 3.05) is 13.1 Å². The van der Waals surface area contributed by atoms with Gasteiger partial charge in [-0.2, -0.15) is 5.10 Å². The van der Waals surface area contributed by atoms with Crippen LogP contribution in [0.15, 0.2) is 66.7 Å². The summed E-state index contributed by atoms with van der Waals surface area (Å²) in [6.07, 6.45) is 2.05. The summed E-state index contributed by atoms with van der Waals surface area (Å²) in [5.74, 6) is 0.0386. The Balaban J connectivity index is 1.24. The van der Waals surface area contributed by atoms with E-state index in [1.807, 2.05) is 48.0 Å². The summed E-state index contributed by atoms with van der Waals surface area (Å²) in [7, 11) is 0. The van der Waals surface area contributed by atoms with Crippen LogP contribution in [0.3, 0.4) is 0 Å². The standard InChI is InChI=1S/C25H26N4OS/c1-18-22-16-23(31-25(22)29(27-18)21-10-6-3-7-11-21)24(30)26-20-12-14-28(15-13-20)17-19-8-4-2-5-9-19/h2-11,16,20H,12-15,17H2,1H3,(H,26,30)/p+1. The third kappa shape index (κ3) is 4.27. The molecule has 1 amide bonds. The minimum Gasteiger partial charge on any atom is -0.348 e. The molecular weight excluding hydrogens is 404 g/mol. The molecule has 31 heavy (non-hydrogen) atoms. The van der Waals surface area contributed by atoms with Gasteiger partial charge < -0.3 is 10.2 Å². The van der Waals surface area contributed by atoms with Gasteiger partial charge in [-0.3, -0.25) is 4.79 Å². The first-order valence-electron chi connectivity index (χ1n) is 10.9. The number of amides is 1. The largest absolute Gasteiger partial charge is 0.348 e. The van der Waals surface area contributed by atoms with Gasteiger partial charge in [-0.05, 0) is 25.1 Å². The second-order valence-corrected chi connectivity index (χ2v) is 9.35. The Morgan fingerprint density at radius 3 is 2.48 bits per heavy atom. The van der Waals surface area contributed by atoms with Crippen molar-refractivity contribution in [1.82, 2.24) is 15.1 Å². The number of thiophene rings is 1. The normalized spacial score (nSPS) is 18.9. The Kier molecular flexibility index (Phi) is 5.57. The van der Waals surface area contributed by atoms with Crippen molar-refractivity contribution in [3.05, 3.63) is 82.9 Å². The molecule has 0 radical (unpaired) electrons. The maximum absolute atomic E-state index is 13.0. The molecule has 5 nitrogen and oxygen atoms in total. The number of piperidine rings is 1. The SMILES string of the molecule is Cc1nn(-c2ccccc2)c2sc(C(=O)NC3CC[NH+](Cc4ccccc4)CC3)cc12. The fourth-order valence-electron chi connectivity index (χ4n) is 4.39.